The predicted molar refractivity (Wildman–Crippen MR) is 69.6 cm³/mol. The van der Waals surface area contributed by atoms with Crippen LogP contribution >= 0.6 is 0 Å². The molecule has 0 amide bonds. The number of nitrogens with zero attached hydrogens (tertiary/aromatic N) is 3. The lowest BCUT2D eigenvalue weighted by Crippen LogP contribution is -2.48. The van der Waals surface area contributed by atoms with Gasteiger partial charge in [-0.3, -0.25) is 9.58 Å². The van der Waals surface area contributed by atoms with Gasteiger partial charge in [0.15, 0.2) is 0 Å². The largest absolute Gasteiger partial charge is 0.329 e. The van der Waals surface area contributed by atoms with Crippen molar-refractivity contribution in [2.24, 2.45) is 12.8 Å². The molecule has 1 aromatic rings. The molecule has 1 aliphatic rings. The highest BCUT2D eigenvalue weighted by Crippen LogP contribution is 2.24. The first-order chi connectivity index (χ1) is 8.11. The Morgan fingerprint density at radius 3 is 2.82 bits per heavy atom. The van der Waals surface area contributed by atoms with E-state index in [2.05, 4.69) is 23.0 Å². The molecular weight excluding hydrogens is 212 g/mol. The van der Waals surface area contributed by atoms with Gasteiger partial charge in [-0.1, -0.05) is 6.42 Å². The standard InChI is InChI=1S/C13H24N4/c1-10-7-13(16(3)15-10)9-17-11(2)5-4-6-12(17)8-14/h7,11-12H,4-6,8-9,14H2,1-3H3. The average Bonchev–Trinajstić information content (AvgIpc) is 2.60. The molecule has 1 aliphatic heterocycles. The number of hydrogen-bond donors (Lipinski definition) is 1. The molecule has 96 valence electrons. The van der Waals surface area contributed by atoms with Crippen molar-refractivity contribution in [1.29, 1.82) is 0 Å². The molecule has 1 saturated heterocycles. The SMILES string of the molecule is Cc1cc(CN2C(C)CCCC2CN)n(C)n1. The summed E-state index contributed by atoms with van der Waals surface area (Å²) in [6, 6.07) is 3.34. The van der Waals surface area contributed by atoms with E-state index in [4.69, 9.17) is 5.73 Å². The summed E-state index contributed by atoms with van der Waals surface area (Å²) in [5, 5.41) is 4.41. The van der Waals surface area contributed by atoms with Gasteiger partial charge >= 0.3 is 0 Å². The number of aromatic nitrogens is 2. The smallest absolute Gasteiger partial charge is 0.0597 e. The second-order valence-corrected chi connectivity index (χ2v) is 5.24. The third-order valence-electron chi connectivity index (χ3n) is 3.91. The third-order valence-corrected chi connectivity index (χ3v) is 3.91. The molecule has 2 unspecified atom stereocenters. The summed E-state index contributed by atoms with van der Waals surface area (Å²) in [6.07, 6.45) is 3.83. The molecule has 0 radical (unpaired) electrons. The normalized spacial score (nSPS) is 26.4. The summed E-state index contributed by atoms with van der Waals surface area (Å²) in [7, 11) is 2.02. The van der Waals surface area contributed by atoms with Crippen molar-refractivity contribution in [2.75, 3.05) is 6.54 Å². The minimum Gasteiger partial charge on any atom is -0.329 e. The van der Waals surface area contributed by atoms with Crippen molar-refractivity contribution in [3.05, 3.63) is 17.5 Å². The number of piperidine rings is 1. The van der Waals surface area contributed by atoms with Crippen LogP contribution in [0.1, 0.15) is 37.6 Å². The molecule has 4 heteroatoms. The lowest BCUT2D eigenvalue weighted by molar-refractivity contribution is 0.0865. The zero-order chi connectivity index (χ0) is 12.4. The first-order valence-electron chi connectivity index (χ1n) is 6.57. The van der Waals surface area contributed by atoms with Gasteiger partial charge in [-0.05, 0) is 32.8 Å². The lowest BCUT2D eigenvalue weighted by Gasteiger charge is -2.40. The minimum absolute atomic E-state index is 0.536. The number of nitrogens with two attached hydrogens (primary N) is 1. The van der Waals surface area contributed by atoms with E-state index in [1.165, 1.54) is 25.0 Å². The molecule has 0 aliphatic carbocycles. The maximum atomic E-state index is 5.89. The van der Waals surface area contributed by atoms with Crippen molar-refractivity contribution in [2.45, 2.75) is 51.7 Å². The molecule has 17 heavy (non-hydrogen) atoms. The van der Waals surface area contributed by atoms with Gasteiger partial charge in [0, 0.05) is 32.2 Å². The van der Waals surface area contributed by atoms with Crippen molar-refractivity contribution >= 4 is 0 Å². The fourth-order valence-corrected chi connectivity index (χ4v) is 2.88. The Hall–Kier alpha value is -0.870. The predicted octanol–water partition coefficient (Wildman–Crippen LogP) is 1.43. The van der Waals surface area contributed by atoms with Crippen LogP contribution in [0.5, 0.6) is 0 Å². The summed E-state index contributed by atoms with van der Waals surface area (Å²) in [5.74, 6) is 0. The van der Waals surface area contributed by atoms with Gasteiger partial charge in [0.25, 0.3) is 0 Å². The number of hydrogen-bond acceptors (Lipinski definition) is 3. The molecule has 2 N–H and O–H groups in total. The molecule has 0 bridgehead atoms. The van der Waals surface area contributed by atoms with Crippen LogP contribution in [-0.4, -0.2) is 33.3 Å². The molecule has 0 saturated carbocycles. The highest BCUT2D eigenvalue weighted by Gasteiger charge is 2.27. The Kier molecular flexibility index (Phi) is 3.84. The Morgan fingerprint density at radius 2 is 2.24 bits per heavy atom. The van der Waals surface area contributed by atoms with Gasteiger partial charge in [-0.15, -0.1) is 0 Å². The van der Waals surface area contributed by atoms with Crippen molar-refractivity contribution in [3.63, 3.8) is 0 Å². The van der Waals surface area contributed by atoms with Gasteiger partial charge in [0.2, 0.25) is 0 Å². The molecule has 1 aromatic heterocycles. The van der Waals surface area contributed by atoms with Gasteiger partial charge in [-0.2, -0.15) is 5.10 Å². The summed E-state index contributed by atoms with van der Waals surface area (Å²) in [6.45, 7) is 6.09. The van der Waals surface area contributed by atoms with Gasteiger partial charge in [0.05, 0.1) is 11.4 Å². The summed E-state index contributed by atoms with van der Waals surface area (Å²) in [4.78, 5) is 2.54. The van der Waals surface area contributed by atoms with Crippen LogP contribution in [0.15, 0.2) is 6.07 Å². The highest BCUT2D eigenvalue weighted by molar-refractivity contribution is 5.09. The lowest BCUT2D eigenvalue weighted by atomic mass is 9.96. The van der Waals surface area contributed by atoms with E-state index in [9.17, 15) is 0 Å². The fraction of sp³-hybridized carbons (Fsp3) is 0.769. The maximum Gasteiger partial charge on any atom is 0.0597 e. The zero-order valence-electron chi connectivity index (χ0n) is 11.2. The van der Waals surface area contributed by atoms with Crippen molar-refractivity contribution in [3.8, 4) is 0 Å². The monoisotopic (exact) mass is 236 g/mol. The number of likely N-dealkylation sites (tertiary alicyclic amines) is 1. The molecular formula is C13H24N4. The molecule has 2 rings (SSSR count). The Morgan fingerprint density at radius 1 is 1.47 bits per heavy atom. The van der Waals surface area contributed by atoms with E-state index in [0.717, 1.165) is 18.8 Å². The number of aryl methyl sites for hydroxylation is 2. The topological polar surface area (TPSA) is 47.1 Å². The fourth-order valence-electron chi connectivity index (χ4n) is 2.88. The van der Waals surface area contributed by atoms with Crippen LogP contribution in [0.25, 0.3) is 0 Å². The van der Waals surface area contributed by atoms with E-state index < -0.39 is 0 Å². The van der Waals surface area contributed by atoms with E-state index in [0.29, 0.717) is 12.1 Å². The van der Waals surface area contributed by atoms with E-state index in [1.807, 2.05) is 18.7 Å². The molecule has 2 heterocycles. The van der Waals surface area contributed by atoms with Crippen LogP contribution in [-0.2, 0) is 13.6 Å². The summed E-state index contributed by atoms with van der Waals surface area (Å²) >= 11 is 0. The van der Waals surface area contributed by atoms with Crippen LogP contribution < -0.4 is 5.73 Å². The minimum atomic E-state index is 0.536. The Labute approximate surface area is 104 Å². The second-order valence-electron chi connectivity index (χ2n) is 5.24. The van der Waals surface area contributed by atoms with Gasteiger partial charge in [-0.25, -0.2) is 0 Å². The van der Waals surface area contributed by atoms with Crippen molar-refractivity contribution in [1.82, 2.24) is 14.7 Å². The van der Waals surface area contributed by atoms with E-state index >= 15 is 0 Å². The quantitative estimate of drug-likeness (QED) is 0.863. The average molecular weight is 236 g/mol. The van der Waals surface area contributed by atoms with Crippen LogP contribution in [0.4, 0.5) is 0 Å². The first kappa shape index (κ1) is 12.6. The first-order valence-corrected chi connectivity index (χ1v) is 6.57. The molecule has 0 spiro atoms. The maximum absolute atomic E-state index is 5.89. The summed E-state index contributed by atoms with van der Waals surface area (Å²) < 4.78 is 1.99. The molecule has 0 aromatic carbocycles. The molecule has 2 atom stereocenters. The van der Waals surface area contributed by atoms with Crippen LogP contribution in [0.2, 0.25) is 0 Å². The zero-order valence-corrected chi connectivity index (χ0v) is 11.2. The van der Waals surface area contributed by atoms with Gasteiger partial charge in [0.1, 0.15) is 0 Å². The van der Waals surface area contributed by atoms with Crippen LogP contribution in [0, 0.1) is 6.92 Å². The third kappa shape index (κ3) is 2.69. The Balaban J connectivity index is 2.12. The highest BCUT2D eigenvalue weighted by atomic mass is 15.3. The Bertz CT molecular complexity index is 371. The number of rotatable bonds is 3. The molecule has 1 fully saturated rings. The second kappa shape index (κ2) is 5.19. The van der Waals surface area contributed by atoms with Gasteiger partial charge < -0.3 is 5.73 Å². The summed E-state index contributed by atoms with van der Waals surface area (Å²) in [5.41, 5.74) is 8.27. The molecule has 4 nitrogen and oxygen atoms in total. The van der Waals surface area contributed by atoms with Crippen LogP contribution in [0.3, 0.4) is 0 Å². The van der Waals surface area contributed by atoms with E-state index in [-0.39, 0.29) is 0 Å². The van der Waals surface area contributed by atoms with E-state index in [1.54, 1.807) is 0 Å². The van der Waals surface area contributed by atoms with Crippen molar-refractivity contribution < 1.29 is 0 Å².